The molecule has 0 bridgehead atoms. The second-order valence-electron chi connectivity index (χ2n) is 2.39. The van der Waals surface area contributed by atoms with Crippen LogP contribution in [0.25, 0.3) is 0 Å². The Kier molecular flexibility index (Phi) is 1.78. The zero-order valence-electron chi connectivity index (χ0n) is 5.99. The summed E-state index contributed by atoms with van der Waals surface area (Å²) in [5.74, 6) is 0. The first-order chi connectivity index (χ1) is 5.45. The summed E-state index contributed by atoms with van der Waals surface area (Å²) in [5.41, 5.74) is 1.24. The molecule has 56 valence electrons. The predicted molar refractivity (Wildman–Crippen MR) is 45.8 cm³/mol. The first kappa shape index (κ1) is 6.68. The van der Waals surface area contributed by atoms with Crippen molar-refractivity contribution in [2.75, 3.05) is 0 Å². The van der Waals surface area contributed by atoms with Crippen molar-refractivity contribution in [2.45, 2.75) is 6.42 Å². The molecule has 0 aliphatic rings. The second kappa shape index (κ2) is 2.93. The van der Waals surface area contributed by atoms with E-state index in [-0.39, 0.29) is 0 Å². The Morgan fingerprint density at radius 2 is 2.36 bits per heavy atom. The molecular formula is C9H8OS. The molecule has 0 aromatic carbocycles. The molecule has 0 saturated heterocycles. The van der Waals surface area contributed by atoms with E-state index in [0.717, 1.165) is 6.42 Å². The van der Waals surface area contributed by atoms with E-state index in [1.807, 2.05) is 6.07 Å². The van der Waals surface area contributed by atoms with Crippen molar-refractivity contribution in [1.82, 2.24) is 0 Å². The van der Waals surface area contributed by atoms with Gasteiger partial charge in [-0.25, -0.2) is 0 Å². The Hall–Kier alpha value is -1.02. The number of thiophene rings is 1. The molecule has 0 spiro atoms. The normalized spacial score (nSPS) is 10.2. The Morgan fingerprint density at radius 3 is 3.00 bits per heavy atom. The van der Waals surface area contributed by atoms with Crippen LogP contribution in [0.1, 0.15) is 10.4 Å². The molecule has 0 aliphatic carbocycles. The summed E-state index contributed by atoms with van der Waals surface area (Å²) in [6, 6.07) is 6.21. The summed E-state index contributed by atoms with van der Waals surface area (Å²) < 4.78 is 4.97. The van der Waals surface area contributed by atoms with Crippen LogP contribution in [-0.2, 0) is 6.42 Å². The van der Waals surface area contributed by atoms with Crippen LogP contribution in [0, 0.1) is 0 Å². The Balaban J connectivity index is 2.14. The maximum Gasteiger partial charge on any atom is 0.0938 e. The molecule has 1 nitrogen and oxygen atoms in total. The van der Waals surface area contributed by atoms with E-state index in [1.54, 1.807) is 23.9 Å². The molecule has 2 aromatic heterocycles. The maximum absolute atomic E-state index is 4.97. The Morgan fingerprint density at radius 1 is 1.36 bits per heavy atom. The quantitative estimate of drug-likeness (QED) is 0.665. The molecular weight excluding hydrogens is 156 g/mol. The minimum absolute atomic E-state index is 0.994. The molecule has 2 heteroatoms. The molecule has 0 fully saturated rings. The molecule has 0 radical (unpaired) electrons. The van der Waals surface area contributed by atoms with Gasteiger partial charge in [0.15, 0.2) is 0 Å². The summed E-state index contributed by atoms with van der Waals surface area (Å²) in [5, 5.41) is 2.09. The molecule has 0 unspecified atom stereocenters. The standard InChI is InChI=1S/C9H8OS/c1-2-9(11-5-1)6-8-3-4-10-7-8/h1-5,7H,6H2. The van der Waals surface area contributed by atoms with Gasteiger partial charge in [0.05, 0.1) is 12.5 Å². The van der Waals surface area contributed by atoms with E-state index in [0.29, 0.717) is 0 Å². The number of hydrogen-bond donors (Lipinski definition) is 0. The van der Waals surface area contributed by atoms with Gasteiger partial charge in [0.2, 0.25) is 0 Å². The SMILES string of the molecule is c1csc(Cc2ccoc2)c1. The molecule has 2 heterocycles. The van der Waals surface area contributed by atoms with Crippen molar-refractivity contribution < 1.29 is 4.42 Å². The molecule has 2 rings (SSSR count). The van der Waals surface area contributed by atoms with E-state index < -0.39 is 0 Å². The maximum atomic E-state index is 4.97. The highest BCUT2D eigenvalue weighted by Gasteiger charge is 1.96. The van der Waals surface area contributed by atoms with Gasteiger partial charge in [-0.1, -0.05) is 6.07 Å². The fourth-order valence-corrected chi connectivity index (χ4v) is 1.75. The summed E-state index contributed by atoms with van der Waals surface area (Å²) >= 11 is 1.78. The highest BCUT2D eigenvalue weighted by Crippen LogP contribution is 2.14. The lowest BCUT2D eigenvalue weighted by Gasteiger charge is -1.89. The predicted octanol–water partition coefficient (Wildman–Crippen LogP) is 2.93. The lowest BCUT2D eigenvalue weighted by atomic mass is 10.2. The smallest absolute Gasteiger partial charge is 0.0938 e. The van der Waals surface area contributed by atoms with Crippen molar-refractivity contribution in [3.63, 3.8) is 0 Å². The first-order valence-corrected chi connectivity index (χ1v) is 4.36. The van der Waals surface area contributed by atoms with Gasteiger partial charge in [0, 0.05) is 11.3 Å². The molecule has 0 aliphatic heterocycles. The summed E-state index contributed by atoms with van der Waals surface area (Å²) in [7, 11) is 0. The second-order valence-corrected chi connectivity index (χ2v) is 3.42. The van der Waals surface area contributed by atoms with E-state index in [1.165, 1.54) is 10.4 Å². The van der Waals surface area contributed by atoms with Gasteiger partial charge in [-0.05, 0) is 23.1 Å². The summed E-state index contributed by atoms with van der Waals surface area (Å²) in [6.07, 6.45) is 4.50. The van der Waals surface area contributed by atoms with Crippen LogP contribution in [0.5, 0.6) is 0 Å². The fourth-order valence-electron chi connectivity index (χ4n) is 1.01. The number of rotatable bonds is 2. The Labute approximate surface area is 69.3 Å². The van der Waals surface area contributed by atoms with Gasteiger partial charge >= 0.3 is 0 Å². The molecule has 0 saturated carbocycles. The van der Waals surface area contributed by atoms with Crippen LogP contribution < -0.4 is 0 Å². The van der Waals surface area contributed by atoms with Crippen LogP contribution in [0.3, 0.4) is 0 Å². The summed E-state index contributed by atoms with van der Waals surface area (Å²) in [4.78, 5) is 1.38. The minimum Gasteiger partial charge on any atom is -0.472 e. The van der Waals surface area contributed by atoms with Crippen LogP contribution in [0.2, 0.25) is 0 Å². The topological polar surface area (TPSA) is 13.1 Å². The zero-order valence-corrected chi connectivity index (χ0v) is 6.80. The minimum atomic E-state index is 0.994. The number of hydrogen-bond acceptors (Lipinski definition) is 2. The van der Waals surface area contributed by atoms with E-state index in [9.17, 15) is 0 Å². The summed E-state index contributed by atoms with van der Waals surface area (Å²) in [6.45, 7) is 0. The van der Waals surface area contributed by atoms with E-state index in [2.05, 4.69) is 17.5 Å². The zero-order chi connectivity index (χ0) is 7.52. The van der Waals surface area contributed by atoms with E-state index >= 15 is 0 Å². The van der Waals surface area contributed by atoms with E-state index in [4.69, 9.17) is 4.42 Å². The third-order valence-electron chi connectivity index (χ3n) is 1.54. The molecule has 11 heavy (non-hydrogen) atoms. The van der Waals surface area contributed by atoms with Crippen molar-refractivity contribution in [1.29, 1.82) is 0 Å². The van der Waals surface area contributed by atoms with Crippen molar-refractivity contribution in [3.8, 4) is 0 Å². The third-order valence-corrected chi connectivity index (χ3v) is 2.41. The van der Waals surface area contributed by atoms with Gasteiger partial charge < -0.3 is 4.42 Å². The average molecular weight is 164 g/mol. The van der Waals surface area contributed by atoms with Gasteiger partial charge in [-0.15, -0.1) is 11.3 Å². The monoisotopic (exact) mass is 164 g/mol. The highest BCUT2D eigenvalue weighted by atomic mass is 32.1. The van der Waals surface area contributed by atoms with Crippen molar-refractivity contribution in [3.05, 3.63) is 46.5 Å². The largest absolute Gasteiger partial charge is 0.472 e. The molecule has 0 atom stereocenters. The van der Waals surface area contributed by atoms with Crippen LogP contribution >= 0.6 is 11.3 Å². The van der Waals surface area contributed by atoms with Gasteiger partial charge in [0.1, 0.15) is 0 Å². The molecule has 0 N–H and O–H groups in total. The van der Waals surface area contributed by atoms with Gasteiger partial charge in [-0.2, -0.15) is 0 Å². The lowest BCUT2D eigenvalue weighted by molar-refractivity contribution is 0.564. The van der Waals surface area contributed by atoms with Gasteiger partial charge in [-0.3, -0.25) is 0 Å². The molecule has 0 amide bonds. The van der Waals surface area contributed by atoms with Crippen molar-refractivity contribution in [2.24, 2.45) is 0 Å². The van der Waals surface area contributed by atoms with Gasteiger partial charge in [0.25, 0.3) is 0 Å². The molecule has 2 aromatic rings. The third kappa shape index (κ3) is 1.52. The lowest BCUT2D eigenvalue weighted by Crippen LogP contribution is -1.77. The Bertz CT molecular complexity index is 262. The highest BCUT2D eigenvalue weighted by molar-refractivity contribution is 7.09. The van der Waals surface area contributed by atoms with Crippen LogP contribution in [0.4, 0.5) is 0 Å². The van der Waals surface area contributed by atoms with Crippen molar-refractivity contribution >= 4 is 11.3 Å². The average Bonchev–Trinajstić information content (AvgIpc) is 2.60. The first-order valence-electron chi connectivity index (χ1n) is 3.48. The fraction of sp³-hybridized carbons (Fsp3) is 0.111. The van der Waals surface area contributed by atoms with Crippen LogP contribution in [-0.4, -0.2) is 0 Å². The number of furan rings is 1. The van der Waals surface area contributed by atoms with Crippen LogP contribution in [0.15, 0.2) is 40.5 Å².